The number of hydrogen-bond donors (Lipinski definition) is 0. The summed E-state index contributed by atoms with van der Waals surface area (Å²) in [5.41, 5.74) is 2.79. The van der Waals surface area contributed by atoms with E-state index in [9.17, 15) is 14.4 Å². The molecule has 0 radical (unpaired) electrons. The molecule has 5 nitrogen and oxygen atoms in total. The summed E-state index contributed by atoms with van der Waals surface area (Å²) < 4.78 is 0. The molecule has 150 valence electrons. The van der Waals surface area contributed by atoms with Gasteiger partial charge in [-0.3, -0.25) is 19.3 Å². The van der Waals surface area contributed by atoms with Crippen molar-refractivity contribution in [3.05, 3.63) is 69.7 Å². The molecule has 2 aromatic carbocycles. The van der Waals surface area contributed by atoms with Crippen molar-refractivity contribution in [1.29, 1.82) is 0 Å². The van der Waals surface area contributed by atoms with E-state index in [4.69, 9.17) is 11.6 Å². The zero-order valence-corrected chi connectivity index (χ0v) is 17.3. The Kier molecular flexibility index (Phi) is 5.17. The molecule has 0 spiro atoms. The number of aryl methyl sites for hydroxylation is 1. The van der Waals surface area contributed by atoms with Crippen LogP contribution < -0.4 is 0 Å². The number of imide groups is 1. The van der Waals surface area contributed by atoms with Crippen molar-refractivity contribution in [2.75, 3.05) is 6.54 Å². The number of rotatable bonds is 6. The first-order chi connectivity index (χ1) is 13.9. The third-order valence-corrected chi connectivity index (χ3v) is 5.93. The summed E-state index contributed by atoms with van der Waals surface area (Å²) in [6.45, 7) is 3.99. The van der Waals surface area contributed by atoms with Crippen LogP contribution >= 0.6 is 11.6 Å². The molecule has 0 bridgehead atoms. The monoisotopic (exact) mass is 410 g/mol. The Labute approximate surface area is 175 Å². The minimum Gasteiger partial charge on any atom is -0.333 e. The summed E-state index contributed by atoms with van der Waals surface area (Å²) in [7, 11) is 0. The van der Waals surface area contributed by atoms with Gasteiger partial charge >= 0.3 is 0 Å². The van der Waals surface area contributed by atoms with E-state index in [1.54, 1.807) is 12.1 Å². The second kappa shape index (κ2) is 7.64. The minimum absolute atomic E-state index is 0.0392. The number of carbonyl (C=O) groups excluding carboxylic acids is 3. The van der Waals surface area contributed by atoms with Crippen molar-refractivity contribution in [2.45, 2.75) is 45.2 Å². The van der Waals surface area contributed by atoms with Gasteiger partial charge in [0.15, 0.2) is 0 Å². The fourth-order valence-electron chi connectivity index (χ4n) is 3.93. The molecule has 4 rings (SSSR count). The molecule has 0 aromatic heterocycles. The van der Waals surface area contributed by atoms with Gasteiger partial charge in [0, 0.05) is 24.0 Å². The fourth-order valence-corrected chi connectivity index (χ4v) is 4.06. The summed E-state index contributed by atoms with van der Waals surface area (Å²) in [5, 5.41) is 0.658. The number of fused-ring (bicyclic) bond motifs is 1. The zero-order chi connectivity index (χ0) is 20.7. The largest absolute Gasteiger partial charge is 0.333 e. The van der Waals surface area contributed by atoms with E-state index < -0.39 is 0 Å². The van der Waals surface area contributed by atoms with Crippen LogP contribution in [0.5, 0.6) is 0 Å². The quantitative estimate of drug-likeness (QED) is 0.664. The molecule has 0 N–H and O–H groups in total. The molecular formula is C23H23ClN2O3. The topological polar surface area (TPSA) is 57.7 Å². The van der Waals surface area contributed by atoms with Gasteiger partial charge < -0.3 is 4.90 Å². The molecule has 6 heteroatoms. The molecule has 1 heterocycles. The highest BCUT2D eigenvalue weighted by Gasteiger charge is 2.38. The van der Waals surface area contributed by atoms with Crippen molar-refractivity contribution in [3.63, 3.8) is 0 Å². The van der Waals surface area contributed by atoms with E-state index in [1.165, 1.54) is 4.90 Å². The molecular weight excluding hydrogens is 388 g/mol. The van der Waals surface area contributed by atoms with Crippen LogP contribution in [0.15, 0.2) is 42.5 Å². The molecule has 1 fully saturated rings. The number of amides is 3. The van der Waals surface area contributed by atoms with Gasteiger partial charge in [-0.2, -0.15) is 0 Å². The van der Waals surface area contributed by atoms with E-state index in [1.807, 2.05) is 49.1 Å². The van der Waals surface area contributed by atoms with Gasteiger partial charge in [-0.1, -0.05) is 35.4 Å². The lowest BCUT2D eigenvalue weighted by Crippen LogP contribution is -2.39. The normalized spacial score (nSPS) is 16.7. The number of benzene rings is 2. The van der Waals surface area contributed by atoms with Gasteiger partial charge in [0.1, 0.15) is 0 Å². The Morgan fingerprint density at radius 2 is 1.76 bits per heavy atom. The highest BCUT2D eigenvalue weighted by atomic mass is 35.5. The van der Waals surface area contributed by atoms with Gasteiger partial charge in [-0.05, 0) is 56.5 Å². The molecule has 2 aromatic rings. The maximum Gasteiger partial charge on any atom is 0.261 e. The van der Waals surface area contributed by atoms with Gasteiger partial charge in [-0.15, -0.1) is 0 Å². The Morgan fingerprint density at radius 3 is 2.41 bits per heavy atom. The van der Waals surface area contributed by atoms with Crippen LogP contribution in [0, 0.1) is 6.92 Å². The second-order valence-electron chi connectivity index (χ2n) is 7.82. The lowest BCUT2D eigenvalue weighted by atomic mass is 10.1. The van der Waals surface area contributed by atoms with Crippen LogP contribution in [0.4, 0.5) is 0 Å². The van der Waals surface area contributed by atoms with Gasteiger partial charge in [0.05, 0.1) is 17.2 Å². The fraction of sp³-hybridized carbons (Fsp3) is 0.348. The lowest BCUT2D eigenvalue weighted by molar-refractivity contribution is -0.134. The first-order valence-electron chi connectivity index (χ1n) is 9.90. The van der Waals surface area contributed by atoms with E-state index in [2.05, 4.69) is 0 Å². The maximum absolute atomic E-state index is 13.1. The molecule has 1 saturated carbocycles. The smallest absolute Gasteiger partial charge is 0.261 e. The highest BCUT2D eigenvalue weighted by Crippen LogP contribution is 2.35. The van der Waals surface area contributed by atoms with Crippen molar-refractivity contribution in [2.24, 2.45) is 0 Å². The number of hydrogen-bond acceptors (Lipinski definition) is 3. The number of halogens is 1. The molecule has 1 aliphatic carbocycles. The molecule has 3 amide bonds. The molecule has 1 atom stereocenters. The maximum atomic E-state index is 13.1. The standard InChI is InChI=1S/C23H23ClN2O3/c1-14-3-10-19-20(13-14)23(29)25(22(19)28)12-11-21(27)26(18-8-9-18)15(2)16-4-6-17(24)7-5-16/h3-7,10,13,15,18H,8-9,11-12H2,1-2H3. The van der Waals surface area contributed by atoms with Crippen molar-refractivity contribution in [1.82, 2.24) is 9.80 Å². The Hall–Kier alpha value is -2.66. The SMILES string of the molecule is Cc1ccc2c(c1)C(=O)N(CCC(=O)N(C1CC1)C(C)c1ccc(Cl)cc1)C2=O. The van der Waals surface area contributed by atoms with Gasteiger partial charge in [0.25, 0.3) is 11.8 Å². The van der Waals surface area contributed by atoms with Crippen molar-refractivity contribution >= 4 is 29.3 Å². The third-order valence-electron chi connectivity index (χ3n) is 5.67. The molecule has 1 aliphatic heterocycles. The van der Waals surface area contributed by atoms with Crippen LogP contribution in [-0.2, 0) is 4.79 Å². The Morgan fingerprint density at radius 1 is 1.10 bits per heavy atom. The zero-order valence-electron chi connectivity index (χ0n) is 16.5. The average molecular weight is 411 g/mol. The summed E-state index contributed by atoms with van der Waals surface area (Å²) in [5.74, 6) is -0.672. The van der Waals surface area contributed by atoms with Gasteiger partial charge in [-0.25, -0.2) is 0 Å². The summed E-state index contributed by atoms with van der Waals surface area (Å²) >= 11 is 5.98. The molecule has 0 saturated heterocycles. The number of carbonyl (C=O) groups is 3. The highest BCUT2D eigenvalue weighted by molar-refractivity contribution is 6.30. The van der Waals surface area contributed by atoms with E-state index in [-0.39, 0.29) is 42.8 Å². The van der Waals surface area contributed by atoms with Crippen molar-refractivity contribution in [3.8, 4) is 0 Å². The van der Waals surface area contributed by atoms with Crippen LogP contribution in [-0.4, -0.2) is 40.1 Å². The Bertz CT molecular complexity index is 982. The number of nitrogens with zero attached hydrogens (tertiary/aromatic N) is 2. The summed E-state index contributed by atoms with van der Waals surface area (Å²) in [6.07, 6.45) is 2.09. The second-order valence-corrected chi connectivity index (χ2v) is 8.26. The molecule has 29 heavy (non-hydrogen) atoms. The lowest BCUT2D eigenvalue weighted by Gasteiger charge is -2.30. The van der Waals surface area contributed by atoms with Crippen molar-refractivity contribution < 1.29 is 14.4 Å². The molecule has 2 aliphatic rings. The third kappa shape index (κ3) is 3.79. The van der Waals surface area contributed by atoms with E-state index in [0.29, 0.717) is 16.1 Å². The van der Waals surface area contributed by atoms with E-state index in [0.717, 1.165) is 24.0 Å². The average Bonchev–Trinajstić information content (AvgIpc) is 3.49. The van der Waals surface area contributed by atoms with E-state index >= 15 is 0 Å². The predicted octanol–water partition coefficient (Wildman–Crippen LogP) is 4.39. The van der Waals surface area contributed by atoms with Crippen LogP contribution in [0.2, 0.25) is 5.02 Å². The van der Waals surface area contributed by atoms with Crippen LogP contribution in [0.3, 0.4) is 0 Å². The van der Waals surface area contributed by atoms with Crippen LogP contribution in [0.25, 0.3) is 0 Å². The first-order valence-corrected chi connectivity index (χ1v) is 10.3. The molecule has 1 unspecified atom stereocenters. The summed E-state index contributed by atoms with van der Waals surface area (Å²) in [6, 6.07) is 12.9. The predicted molar refractivity (Wildman–Crippen MR) is 111 cm³/mol. The minimum atomic E-state index is -0.318. The van der Waals surface area contributed by atoms with Gasteiger partial charge in [0.2, 0.25) is 5.91 Å². The summed E-state index contributed by atoms with van der Waals surface area (Å²) in [4.78, 5) is 41.4. The Balaban J connectivity index is 1.46. The first kappa shape index (κ1) is 19.6. The van der Waals surface area contributed by atoms with Crippen LogP contribution in [0.1, 0.15) is 64.1 Å².